The van der Waals surface area contributed by atoms with E-state index in [1.165, 1.54) is 6.92 Å². The molecule has 0 fully saturated rings. The number of allylic oxidation sites excluding steroid dienone is 2. The molecular formula is C12H12O2. The lowest BCUT2D eigenvalue weighted by molar-refractivity contribution is -0.131. The van der Waals surface area contributed by atoms with Crippen LogP contribution >= 0.6 is 0 Å². The minimum atomic E-state index is -0.306. The molecule has 0 unspecified atom stereocenters. The first-order chi connectivity index (χ1) is 6.72. The van der Waals surface area contributed by atoms with Crippen LogP contribution in [0.5, 0.6) is 5.75 Å². The first-order valence-corrected chi connectivity index (χ1v) is 4.30. The molecule has 14 heavy (non-hydrogen) atoms. The van der Waals surface area contributed by atoms with Crippen LogP contribution in [0.15, 0.2) is 43.0 Å². The molecule has 1 aromatic rings. The van der Waals surface area contributed by atoms with E-state index in [2.05, 4.69) is 6.58 Å². The van der Waals surface area contributed by atoms with Gasteiger partial charge in [0, 0.05) is 6.92 Å². The summed E-state index contributed by atoms with van der Waals surface area (Å²) in [6.45, 7) is 4.96. The zero-order valence-corrected chi connectivity index (χ0v) is 8.07. The maximum Gasteiger partial charge on any atom is 0.308 e. The SMILES string of the molecule is C=CC=Cc1ccc(OC(C)=O)cc1. The summed E-state index contributed by atoms with van der Waals surface area (Å²) in [5, 5.41) is 0. The number of rotatable bonds is 3. The third-order valence-electron chi connectivity index (χ3n) is 1.57. The van der Waals surface area contributed by atoms with Crippen LogP contribution in [-0.2, 0) is 4.79 Å². The Morgan fingerprint density at radius 3 is 2.50 bits per heavy atom. The molecule has 0 amide bonds. The molecule has 1 aromatic carbocycles. The Kier molecular flexibility index (Phi) is 3.68. The number of hydrogen-bond acceptors (Lipinski definition) is 2. The van der Waals surface area contributed by atoms with Crippen LogP contribution in [0.25, 0.3) is 6.08 Å². The first kappa shape index (κ1) is 10.3. The van der Waals surface area contributed by atoms with E-state index in [4.69, 9.17) is 4.74 Å². The van der Waals surface area contributed by atoms with Crippen LogP contribution in [0.2, 0.25) is 0 Å². The van der Waals surface area contributed by atoms with E-state index < -0.39 is 0 Å². The Bertz CT molecular complexity index is 347. The van der Waals surface area contributed by atoms with Crippen LogP contribution in [0, 0.1) is 0 Å². The van der Waals surface area contributed by atoms with Crippen molar-refractivity contribution in [1.82, 2.24) is 0 Å². The Hall–Kier alpha value is -1.83. The molecule has 0 aliphatic rings. The summed E-state index contributed by atoms with van der Waals surface area (Å²) in [6, 6.07) is 7.25. The third kappa shape index (κ3) is 3.27. The van der Waals surface area contributed by atoms with E-state index in [9.17, 15) is 4.79 Å². The molecule has 0 spiro atoms. The zero-order valence-electron chi connectivity index (χ0n) is 8.07. The molecule has 0 aliphatic heterocycles. The van der Waals surface area contributed by atoms with E-state index in [1.807, 2.05) is 24.3 Å². The van der Waals surface area contributed by atoms with Gasteiger partial charge >= 0.3 is 5.97 Å². The van der Waals surface area contributed by atoms with Crippen LogP contribution in [0.4, 0.5) is 0 Å². The maximum absolute atomic E-state index is 10.6. The summed E-state index contributed by atoms with van der Waals surface area (Å²) in [5.74, 6) is 0.257. The van der Waals surface area contributed by atoms with Crippen molar-refractivity contribution in [2.24, 2.45) is 0 Å². The van der Waals surface area contributed by atoms with E-state index in [0.29, 0.717) is 5.75 Å². The highest BCUT2D eigenvalue weighted by atomic mass is 16.5. The van der Waals surface area contributed by atoms with Gasteiger partial charge < -0.3 is 4.74 Å². The van der Waals surface area contributed by atoms with Crippen molar-refractivity contribution < 1.29 is 9.53 Å². The Morgan fingerprint density at radius 2 is 2.00 bits per heavy atom. The van der Waals surface area contributed by atoms with Crippen molar-refractivity contribution in [3.63, 3.8) is 0 Å². The molecule has 0 heterocycles. The van der Waals surface area contributed by atoms with Crippen LogP contribution in [-0.4, -0.2) is 5.97 Å². The van der Waals surface area contributed by atoms with Gasteiger partial charge in [0.1, 0.15) is 5.75 Å². The summed E-state index contributed by atoms with van der Waals surface area (Å²) in [7, 11) is 0. The number of benzene rings is 1. The summed E-state index contributed by atoms with van der Waals surface area (Å²) >= 11 is 0. The molecule has 0 aromatic heterocycles. The second kappa shape index (κ2) is 5.02. The lowest BCUT2D eigenvalue weighted by atomic mass is 10.2. The van der Waals surface area contributed by atoms with Crippen molar-refractivity contribution in [2.45, 2.75) is 6.92 Å². The Labute approximate surface area is 83.5 Å². The van der Waals surface area contributed by atoms with Gasteiger partial charge in [-0.1, -0.05) is 36.9 Å². The van der Waals surface area contributed by atoms with E-state index >= 15 is 0 Å². The van der Waals surface area contributed by atoms with Crippen molar-refractivity contribution in [3.05, 3.63) is 48.6 Å². The highest BCUT2D eigenvalue weighted by molar-refractivity contribution is 5.69. The minimum Gasteiger partial charge on any atom is -0.427 e. The predicted molar refractivity (Wildman–Crippen MR) is 57.0 cm³/mol. The van der Waals surface area contributed by atoms with E-state index in [1.54, 1.807) is 18.2 Å². The van der Waals surface area contributed by atoms with Crippen molar-refractivity contribution in [2.75, 3.05) is 0 Å². The summed E-state index contributed by atoms with van der Waals surface area (Å²) < 4.78 is 4.89. The number of hydrogen-bond donors (Lipinski definition) is 0. The van der Waals surface area contributed by atoms with Crippen molar-refractivity contribution in [1.29, 1.82) is 0 Å². The Balaban J connectivity index is 2.73. The van der Waals surface area contributed by atoms with Crippen LogP contribution < -0.4 is 4.74 Å². The summed E-state index contributed by atoms with van der Waals surface area (Å²) in [4.78, 5) is 10.6. The van der Waals surface area contributed by atoms with Gasteiger partial charge in [-0.3, -0.25) is 4.79 Å². The molecule has 0 radical (unpaired) electrons. The second-order valence-electron chi connectivity index (χ2n) is 2.76. The molecule has 2 heteroatoms. The van der Waals surface area contributed by atoms with Gasteiger partial charge in [-0.25, -0.2) is 0 Å². The average molecular weight is 188 g/mol. The van der Waals surface area contributed by atoms with Gasteiger partial charge in [0.05, 0.1) is 0 Å². The molecule has 0 saturated heterocycles. The molecule has 2 nitrogen and oxygen atoms in total. The molecule has 0 saturated carbocycles. The fourth-order valence-corrected chi connectivity index (χ4v) is 0.992. The zero-order chi connectivity index (χ0) is 10.4. The molecule has 72 valence electrons. The molecule has 0 bridgehead atoms. The maximum atomic E-state index is 10.6. The standard InChI is InChI=1S/C12H12O2/c1-3-4-5-11-6-8-12(9-7-11)14-10(2)13/h3-9H,1H2,2H3. The lowest BCUT2D eigenvalue weighted by Gasteiger charge is -2.00. The van der Waals surface area contributed by atoms with Gasteiger partial charge in [-0.05, 0) is 17.7 Å². The predicted octanol–water partition coefficient (Wildman–Crippen LogP) is 2.81. The fourth-order valence-electron chi connectivity index (χ4n) is 0.992. The smallest absolute Gasteiger partial charge is 0.308 e. The van der Waals surface area contributed by atoms with E-state index in [0.717, 1.165) is 5.56 Å². The third-order valence-corrected chi connectivity index (χ3v) is 1.57. The van der Waals surface area contributed by atoms with Gasteiger partial charge in [-0.15, -0.1) is 0 Å². The number of carbonyl (C=O) groups is 1. The monoisotopic (exact) mass is 188 g/mol. The van der Waals surface area contributed by atoms with E-state index in [-0.39, 0.29) is 5.97 Å². The normalized spacial score (nSPS) is 10.1. The van der Waals surface area contributed by atoms with Gasteiger partial charge in [0.25, 0.3) is 0 Å². The largest absolute Gasteiger partial charge is 0.427 e. The topological polar surface area (TPSA) is 26.3 Å². The number of ether oxygens (including phenoxy) is 1. The summed E-state index contributed by atoms with van der Waals surface area (Å²) in [6.07, 6.45) is 5.48. The summed E-state index contributed by atoms with van der Waals surface area (Å²) in [5.41, 5.74) is 1.04. The molecular weight excluding hydrogens is 176 g/mol. The highest BCUT2D eigenvalue weighted by Gasteiger charge is 1.95. The lowest BCUT2D eigenvalue weighted by Crippen LogP contribution is -2.00. The highest BCUT2D eigenvalue weighted by Crippen LogP contribution is 2.13. The first-order valence-electron chi connectivity index (χ1n) is 4.30. The molecule has 0 N–H and O–H groups in total. The van der Waals surface area contributed by atoms with Crippen LogP contribution in [0.1, 0.15) is 12.5 Å². The second-order valence-corrected chi connectivity index (χ2v) is 2.76. The van der Waals surface area contributed by atoms with Gasteiger partial charge in [-0.2, -0.15) is 0 Å². The number of carbonyl (C=O) groups excluding carboxylic acids is 1. The fraction of sp³-hybridized carbons (Fsp3) is 0.0833. The Morgan fingerprint density at radius 1 is 1.36 bits per heavy atom. The van der Waals surface area contributed by atoms with Crippen molar-refractivity contribution >= 4 is 12.0 Å². The molecule has 0 aliphatic carbocycles. The van der Waals surface area contributed by atoms with Gasteiger partial charge in [0.15, 0.2) is 0 Å². The van der Waals surface area contributed by atoms with Crippen LogP contribution in [0.3, 0.4) is 0 Å². The molecule has 1 rings (SSSR count). The van der Waals surface area contributed by atoms with Crippen molar-refractivity contribution in [3.8, 4) is 5.75 Å². The average Bonchev–Trinajstić information content (AvgIpc) is 2.16. The van der Waals surface area contributed by atoms with Gasteiger partial charge in [0.2, 0.25) is 0 Å². The molecule has 0 atom stereocenters. The minimum absolute atomic E-state index is 0.306. The number of esters is 1. The quantitative estimate of drug-likeness (QED) is 0.414.